The fourth-order valence-corrected chi connectivity index (χ4v) is 3.99. The third-order valence-electron chi connectivity index (χ3n) is 5.19. The van der Waals surface area contributed by atoms with Crippen molar-refractivity contribution in [1.82, 2.24) is 5.32 Å². The van der Waals surface area contributed by atoms with Gasteiger partial charge >= 0.3 is 11.9 Å². The Morgan fingerprint density at radius 3 is 2.00 bits per heavy atom. The number of hydrogen-bond donors (Lipinski definition) is 1. The fraction of sp³-hybridized carbons (Fsp3) is 0.333. The molecule has 0 aromatic heterocycles. The maximum absolute atomic E-state index is 13.0. The molecule has 0 bridgehead atoms. The second kappa shape index (κ2) is 9.03. The van der Waals surface area contributed by atoms with Crippen molar-refractivity contribution in [2.24, 2.45) is 0 Å². The van der Waals surface area contributed by atoms with E-state index in [4.69, 9.17) is 14.2 Å². The molecule has 0 saturated carbocycles. The number of ether oxygens (including phenoxy) is 3. The molecule has 1 N–H and O–H groups in total. The molecule has 0 fully saturated rings. The van der Waals surface area contributed by atoms with Crippen molar-refractivity contribution in [2.75, 3.05) is 20.3 Å². The summed E-state index contributed by atoms with van der Waals surface area (Å²) in [6.07, 6.45) is 0. The van der Waals surface area contributed by atoms with Gasteiger partial charge in [-0.2, -0.15) is 0 Å². The topological polar surface area (TPSA) is 73.9 Å². The first kappa shape index (κ1) is 21.4. The lowest BCUT2D eigenvalue weighted by Crippen LogP contribution is -2.32. The Morgan fingerprint density at radius 1 is 0.900 bits per heavy atom. The van der Waals surface area contributed by atoms with Crippen molar-refractivity contribution in [3.8, 4) is 5.75 Å². The van der Waals surface area contributed by atoms with Crippen LogP contribution in [0.15, 0.2) is 58.9 Å². The number of fused-ring (bicyclic) bond motifs is 1. The van der Waals surface area contributed by atoms with Crippen LogP contribution in [0.25, 0.3) is 10.8 Å². The first-order chi connectivity index (χ1) is 14.4. The second-order valence-corrected chi connectivity index (χ2v) is 6.98. The lowest BCUT2D eigenvalue weighted by molar-refractivity contribution is -0.139. The largest absolute Gasteiger partial charge is 0.496 e. The maximum Gasteiger partial charge on any atom is 0.336 e. The van der Waals surface area contributed by atoms with Gasteiger partial charge in [-0.1, -0.05) is 30.3 Å². The lowest BCUT2D eigenvalue weighted by Gasteiger charge is -2.31. The molecule has 6 heteroatoms. The highest BCUT2D eigenvalue weighted by Gasteiger charge is 2.40. The van der Waals surface area contributed by atoms with Crippen molar-refractivity contribution in [2.45, 2.75) is 33.6 Å². The summed E-state index contributed by atoms with van der Waals surface area (Å²) in [4.78, 5) is 26.1. The summed E-state index contributed by atoms with van der Waals surface area (Å²) in [6, 6.07) is 11.6. The highest BCUT2D eigenvalue weighted by molar-refractivity contribution is 6.02. The Morgan fingerprint density at radius 2 is 1.47 bits per heavy atom. The van der Waals surface area contributed by atoms with Crippen molar-refractivity contribution in [3.05, 3.63) is 64.5 Å². The molecule has 1 aliphatic heterocycles. The lowest BCUT2D eigenvalue weighted by atomic mass is 9.78. The third kappa shape index (κ3) is 3.77. The van der Waals surface area contributed by atoms with Gasteiger partial charge < -0.3 is 19.5 Å². The third-order valence-corrected chi connectivity index (χ3v) is 5.19. The quantitative estimate of drug-likeness (QED) is 0.721. The van der Waals surface area contributed by atoms with E-state index in [1.165, 1.54) is 0 Å². The van der Waals surface area contributed by atoms with Gasteiger partial charge in [-0.15, -0.1) is 0 Å². The Kier molecular flexibility index (Phi) is 6.45. The van der Waals surface area contributed by atoms with E-state index < -0.39 is 17.9 Å². The van der Waals surface area contributed by atoms with Crippen LogP contribution in [0.2, 0.25) is 0 Å². The number of nitrogens with one attached hydrogen (secondary N) is 1. The average molecular weight is 409 g/mol. The molecule has 1 heterocycles. The molecule has 1 aliphatic rings. The van der Waals surface area contributed by atoms with E-state index in [0.717, 1.165) is 16.3 Å². The summed E-state index contributed by atoms with van der Waals surface area (Å²) >= 11 is 0. The number of methoxy groups -OCH3 is 1. The van der Waals surface area contributed by atoms with Crippen LogP contribution in [0.1, 0.15) is 39.2 Å². The molecule has 0 aliphatic carbocycles. The molecule has 6 nitrogen and oxygen atoms in total. The minimum absolute atomic E-state index is 0.229. The van der Waals surface area contributed by atoms with E-state index in [-0.39, 0.29) is 13.2 Å². The van der Waals surface area contributed by atoms with Gasteiger partial charge in [0.2, 0.25) is 0 Å². The first-order valence-corrected chi connectivity index (χ1v) is 10.0. The summed E-state index contributed by atoms with van der Waals surface area (Å²) < 4.78 is 16.4. The molecule has 3 rings (SSSR count). The number of esters is 2. The van der Waals surface area contributed by atoms with Gasteiger partial charge in [0.15, 0.2) is 0 Å². The minimum atomic E-state index is -0.689. The number of allylic oxidation sites excluding steroid dienone is 2. The van der Waals surface area contributed by atoms with Gasteiger partial charge in [0, 0.05) is 17.0 Å². The zero-order valence-electron chi connectivity index (χ0n) is 18.0. The molecule has 2 aromatic rings. The Hall–Kier alpha value is -3.28. The van der Waals surface area contributed by atoms with Gasteiger partial charge in [-0.3, -0.25) is 0 Å². The van der Waals surface area contributed by atoms with E-state index in [9.17, 15) is 9.59 Å². The summed E-state index contributed by atoms with van der Waals surface area (Å²) in [5.41, 5.74) is 2.76. The van der Waals surface area contributed by atoms with Gasteiger partial charge in [0.05, 0.1) is 37.4 Å². The van der Waals surface area contributed by atoms with E-state index in [0.29, 0.717) is 28.3 Å². The molecule has 158 valence electrons. The van der Waals surface area contributed by atoms with Crippen molar-refractivity contribution >= 4 is 22.7 Å². The van der Waals surface area contributed by atoms with Crippen LogP contribution in [0.4, 0.5) is 0 Å². The van der Waals surface area contributed by atoms with E-state index in [1.54, 1.807) is 21.0 Å². The fourth-order valence-electron chi connectivity index (χ4n) is 3.99. The molecule has 0 saturated heterocycles. The predicted molar refractivity (Wildman–Crippen MR) is 115 cm³/mol. The first-order valence-electron chi connectivity index (χ1n) is 10.0. The second-order valence-electron chi connectivity index (χ2n) is 6.98. The minimum Gasteiger partial charge on any atom is -0.496 e. The Labute approximate surface area is 176 Å². The van der Waals surface area contributed by atoms with Crippen LogP contribution >= 0.6 is 0 Å². The van der Waals surface area contributed by atoms with E-state index in [2.05, 4.69) is 5.32 Å². The molecule has 0 unspecified atom stereocenters. The predicted octanol–water partition coefficient (Wildman–Crippen LogP) is 4.21. The summed E-state index contributed by atoms with van der Waals surface area (Å²) in [6.45, 7) is 7.58. The van der Waals surface area contributed by atoms with Crippen LogP contribution in [0.5, 0.6) is 5.75 Å². The molecule has 2 aromatic carbocycles. The van der Waals surface area contributed by atoms with Crippen LogP contribution in [0, 0.1) is 0 Å². The number of dihydropyridines is 1. The maximum atomic E-state index is 13.0. The highest BCUT2D eigenvalue weighted by atomic mass is 16.5. The molecule has 0 spiro atoms. The number of benzene rings is 2. The van der Waals surface area contributed by atoms with Crippen molar-refractivity contribution < 1.29 is 23.8 Å². The standard InChI is InChI=1S/C24H27NO5/c1-6-29-23(26)19-14(3)25-15(4)20(24(27)30-7-2)22(19)21-17-11-9-8-10-16(17)12-13-18(21)28-5/h8-13,22,25H,6-7H2,1-5H3. The summed E-state index contributed by atoms with van der Waals surface area (Å²) in [7, 11) is 1.58. The van der Waals surface area contributed by atoms with Crippen LogP contribution in [0.3, 0.4) is 0 Å². The highest BCUT2D eigenvalue weighted by Crippen LogP contribution is 2.45. The van der Waals surface area contributed by atoms with Gasteiger partial charge in [0.25, 0.3) is 0 Å². The average Bonchev–Trinajstić information content (AvgIpc) is 2.72. The zero-order chi connectivity index (χ0) is 21.8. The van der Waals surface area contributed by atoms with Crippen LogP contribution < -0.4 is 10.1 Å². The number of carbonyl (C=O) groups excluding carboxylic acids is 2. The number of rotatable bonds is 6. The zero-order valence-corrected chi connectivity index (χ0v) is 18.0. The SMILES string of the molecule is CCOC(=O)C1=C(C)NC(C)=C(C(=O)OCC)C1c1c(OC)ccc2ccccc12. The number of hydrogen-bond acceptors (Lipinski definition) is 6. The molecule has 0 radical (unpaired) electrons. The van der Waals surface area contributed by atoms with E-state index >= 15 is 0 Å². The Balaban J connectivity index is 2.37. The van der Waals surface area contributed by atoms with Crippen LogP contribution in [-0.2, 0) is 19.1 Å². The summed E-state index contributed by atoms with van der Waals surface area (Å²) in [5.74, 6) is -1.05. The Bertz CT molecular complexity index is 1010. The van der Waals surface area contributed by atoms with Crippen molar-refractivity contribution in [3.63, 3.8) is 0 Å². The molecule has 0 atom stereocenters. The monoisotopic (exact) mass is 409 g/mol. The normalized spacial score (nSPS) is 14.6. The van der Waals surface area contributed by atoms with Gasteiger partial charge in [0.1, 0.15) is 5.75 Å². The van der Waals surface area contributed by atoms with Gasteiger partial charge in [-0.05, 0) is 44.5 Å². The van der Waals surface area contributed by atoms with E-state index in [1.807, 2.05) is 50.2 Å². The smallest absolute Gasteiger partial charge is 0.336 e. The van der Waals surface area contributed by atoms with Crippen LogP contribution in [-0.4, -0.2) is 32.3 Å². The molecular weight excluding hydrogens is 382 g/mol. The molecule has 0 amide bonds. The van der Waals surface area contributed by atoms with Gasteiger partial charge in [-0.25, -0.2) is 9.59 Å². The summed E-state index contributed by atoms with van der Waals surface area (Å²) in [5, 5.41) is 5.04. The van der Waals surface area contributed by atoms with Crippen molar-refractivity contribution in [1.29, 1.82) is 0 Å². The molecular formula is C24H27NO5. The number of carbonyl (C=O) groups is 2. The molecule has 30 heavy (non-hydrogen) atoms.